The second kappa shape index (κ2) is 5.10. The Morgan fingerprint density at radius 2 is 2.07 bits per heavy atom. The second-order valence-electron chi connectivity index (χ2n) is 3.92. The number of aryl methyl sites for hydroxylation is 1. The third-order valence-electron chi connectivity index (χ3n) is 3.35. The van der Waals surface area contributed by atoms with Crippen LogP contribution < -0.4 is 5.73 Å². The van der Waals surface area contributed by atoms with Crippen LogP contribution in [0.5, 0.6) is 0 Å². The minimum absolute atomic E-state index is 0.0162. The van der Waals surface area contributed by atoms with Crippen molar-refractivity contribution in [1.82, 2.24) is 0 Å². The van der Waals surface area contributed by atoms with Gasteiger partial charge in [-0.3, -0.25) is 0 Å². The molecule has 86 valence electrons. The van der Waals surface area contributed by atoms with E-state index in [1.54, 1.807) is 18.4 Å². The molecular weight excluding hydrogens is 206 g/mol. The first-order chi connectivity index (χ1) is 7.11. The summed E-state index contributed by atoms with van der Waals surface area (Å²) in [5.74, 6) is 0. The minimum Gasteiger partial charge on any atom is -0.376 e. The first kappa shape index (κ1) is 12.7. The van der Waals surface area contributed by atoms with Crippen LogP contribution in [0, 0.1) is 6.92 Å². The van der Waals surface area contributed by atoms with Crippen molar-refractivity contribution in [3.63, 3.8) is 0 Å². The van der Waals surface area contributed by atoms with Crippen molar-refractivity contribution in [2.24, 2.45) is 5.73 Å². The van der Waals surface area contributed by atoms with Crippen molar-refractivity contribution >= 4 is 11.3 Å². The first-order valence-corrected chi connectivity index (χ1v) is 6.34. The zero-order valence-electron chi connectivity index (χ0n) is 10.0. The van der Waals surface area contributed by atoms with Gasteiger partial charge in [-0.1, -0.05) is 13.8 Å². The summed E-state index contributed by atoms with van der Waals surface area (Å²) in [6.07, 6.45) is 1.89. The van der Waals surface area contributed by atoms with Crippen molar-refractivity contribution in [2.75, 3.05) is 7.11 Å². The van der Waals surface area contributed by atoms with Gasteiger partial charge >= 0.3 is 0 Å². The van der Waals surface area contributed by atoms with Crippen LogP contribution in [0.2, 0.25) is 0 Å². The highest BCUT2D eigenvalue weighted by Crippen LogP contribution is 2.36. The lowest BCUT2D eigenvalue weighted by atomic mass is 9.87. The molecule has 1 unspecified atom stereocenters. The van der Waals surface area contributed by atoms with Gasteiger partial charge in [0.2, 0.25) is 0 Å². The third-order valence-corrected chi connectivity index (χ3v) is 4.46. The van der Waals surface area contributed by atoms with Gasteiger partial charge in [-0.05, 0) is 36.8 Å². The summed E-state index contributed by atoms with van der Waals surface area (Å²) in [4.78, 5) is 1.25. The molecular formula is C12H21NOS. The molecule has 2 N–H and O–H groups in total. The summed E-state index contributed by atoms with van der Waals surface area (Å²) in [7, 11) is 1.76. The highest BCUT2D eigenvalue weighted by atomic mass is 32.1. The van der Waals surface area contributed by atoms with E-state index in [4.69, 9.17) is 10.5 Å². The molecule has 3 heteroatoms. The lowest BCUT2D eigenvalue weighted by Crippen LogP contribution is -2.41. The fourth-order valence-corrected chi connectivity index (χ4v) is 3.08. The van der Waals surface area contributed by atoms with Gasteiger partial charge in [-0.15, -0.1) is 11.3 Å². The molecule has 0 aromatic carbocycles. The SMILES string of the molecule is CCC(CC)(OC)C(N)c1sccc1C. The van der Waals surface area contributed by atoms with Crippen molar-refractivity contribution in [3.05, 3.63) is 21.9 Å². The molecule has 0 bridgehead atoms. The number of hydrogen-bond acceptors (Lipinski definition) is 3. The Morgan fingerprint density at radius 3 is 2.40 bits per heavy atom. The molecule has 0 aliphatic heterocycles. The van der Waals surface area contributed by atoms with Gasteiger partial charge in [0, 0.05) is 12.0 Å². The predicted octanol–water partition coefficient (Wildman–Crippen LogP) is 3.26. The maximum absolute atomic E-state index is 6.34. The normalized spacial score (nSPS) is 14.2. The Hall–Kier alpha value is -0.380. The number of thiophene rings is 1. The molecule has 0 radical (unpaired) electrons. The van der Waals surface area contributed by atoms with E-state index in [-0.39, 0.29) is 11.6 Å². The van der Waals surface area contributed by atoms with Gasteiger partial charge in [0.15, 0.2) is 0 Å². The molecule has 0 fully saturated rings. The number of ether oxygens (including phenoxy) is 1. The van der Waals surface area contributed by atoms with E-state index in [0.29, 0.717) is 0 Å². The summed E-state index contributed by atoms with van der Waals surface area (Å²) in [6.45, 7) is 6.38. The first-order valence-electron chi connectivity index (χ1n) is 5.46. The monoisotopic (exact) mass is 227 g/mol. The Kier molecular flexibility index (Phi) is 4.32. The van der Waals surface area contributed by atoms with Crippen LogP contribution >= 0.6 is 11.3 Å². The van der Waals surface area contributed by atoms with E-state index in [2.05, 4.69) is 32.2 Å². The van der Waals surface area contributed by atoms with E-state index in [1.165, 1.54) is 10.4 Å². The highest BCUT2D eigenvalue weighted by molar-refractivity contribution is 7.10. The zero-order chi connectivity index (χ0) is 11.5. The van der Waals surface area contributed by atoms with Crippen LogP contribution in [0.15, 0.2) is 11.4 Å². The van der Waals surface area contributed by atoms with Gasteiger partial charge in [0.1, 0.15) is 0 Å². The smallest absolute Gasteiger partial charge is 0.0873 e. The fourth-order valence-electron chi connectivity index (χ4n) is 2.05. The number of methoxy groups -OCH3 is 1. The predicted molar refractivity (Wildman–Crippen MR) is 66.3 cm³/mol. The molecule has 1 aromatic rings. The summed E-state index contributed by atoms with van der Waals surface area (Å²) >= 11 is 1.73. The largest absolute Gasteiger partial charge is 0.376 e. The second-order valence-corrected chi connectivity index (χ2v) is 4.87. The Bertz CT molecular complexity index is 296. The summed E-state index contributed by atoms with van der Waals surface area (Å²) in [5, 5.41) is 2.09. The minimum atomic E-state index is -0.213. The molecule has 2 nitrogen and oxygen atoms in total. The molecule has 1 rings (SSSR count). The molecule has 0 spiro atoms. The number of hydrogen-bond donors (Lipinski definition) is 1. The van der Waals surface area contributed by atoms with Crippen LogP contribution in [-0.2, 0) is 4.74 Å². The number of nitrogens with two attached hydrogens (primary N) is 1. The molecule has 0 saturated carbocycles. The standard InChI is InChI=1S/C12H21NOS/c1-5-12(6-2,14-4)11(13)10-9(3)7-8-15-10/h7-8,11H,5-6,13H2,1-4H3. The van der Waals surface area contributed by atoms with Gasteiger partial charge in [0.05, 0.1) is 11.6 Å². The van der Waals surface area contributed by atoms with Crippen molar-refractivity contribution in [1.29, 1.82) is 0 Å². The maximum Gasteiger partial charge on any atom is 0.0873 e. The summed E-state index contributed by atoms with van der Waals surface area (Å²) in [5.41, 5.74) is 7.40. The quantitative estimate of drug-likeness (QED) is 0.838. The van der Waals surface area contributed by atoms with E-state index in [1.807, 2.05) is 0 Å². The van der Waals surface area contributed by atoms with Crippen molar-refractivity contribution in [3.8, 4) is 0 Å². The van der Waals surface area contributed by atoms with Crippen molar-refractivity contribution < 1.29 is 4.74 Å². The maximum atomic E-state index is 6.34. The van der Waals surface area contributed by atoms with Crippen LogP contribution in [0.4, 0.5) is 0 Å². The lowest BCUT2D eigenvalue weighted by Gasteiger charge is -2.36. The molecule has 0 saturated heterocycles. The lowest BCUT2D eigenvalue weighted by molar-refractivity contribution is -0.0378. The molecule has 1 aromatic heterocycles. The topological polar surface area (TPSA) is 35.2 Å². The summed E-state index contributed by atoms with van der Waals surface area (Å²) in [6, 6.07) is 2.10. The Labute approximate surface area is 96.4 Å². The Morgan fingerprint density at radius 1 is 1.47 bits per heavy atom. The summed E-state index contributed by atoms with van der Waals surface area (Å²) < 4.78 is 5.66. The third kappa shape index (κ3) is 2.25. The molecule has 0 aliphatic carbocycles. The van der Waals surface area contributed by atoms with E-state index in [0.717, 1.165) is 12.8 Å². The van der Waals surface area contributed by atoms with E-state index < -0.39 is 0 Å². The Balaban J connectivity index is 3.00. The van der Waals surface area contributed by atoms with Gasteiger partial charge in [0.25, 0.3) is 0 Å². The fraction of sp³-hybridized carbons (Fsp3) is 0.667. The molecule has 1 atom stereocenters. The molecule has 0 amide bonds. The average molecular weight is 227 g/mol. The van der Waals surface area contributed by atoms with E-state index in [9.17, 15) is 0 Å². The molecule has 15 heavy (non-hydrogen) atoms. The highest BCUT2D eigenvalue weighted by Gasteiger charge is 2.35. The average Bonchev–Trinajstić information content (AvgIpc) is 2.67. The number of rotatable bonds is 5. The van der Waals surface area contributed by atoms with E-state index >= 15 is 0 Å². The van der Waals surface area contributed by atoms with Crippen LogP contribution in [0.1, 0.15) is 43.2 Å². The van der Waals surface area contributed by atoms with Gasteiger partial charge in [-0.25, -0.2) is 0 Å². The zero-order valence-corrected chi connectivity index (χ0v) is 10.9. The molecule has 1 heterocycles. The van der Waals surface area contributed by atoms with Crippen LogP contribution in [0.25, 0.3) is 0 Å². The van der Waals surface area contributed by atoms with Crippen molar-refractivity contribution in [2.45, 2.75) is 45.3 Å². The molecule has 0 aliphatic rings. The van der Waals surface area contributed by atoms with Crippen LogP contribution in [-0.4, -0.2) is 12.7 Å². The van der Waals surface area contributed by atoms with Crippen LogP contribution in [0.3, 0.4) is 0 Å². The van der Waals surface area contributed by atoms with Gasteiger partial charge in [-0.2, -0.15) is 0 Å². The van der Waals surface area contributed by atoms with Gasteiger partial charge < -0.3 is 10.5 Å².